The lowest BCUT2D eigenvalue weighted by Gasteiger charge is -2.26. The molecule has 1 aromatic heterocycles. The molecule has 5 heteroatoms. The number of hydrogen-bond donors (Lipinski definition) is 0. The SMILES string of the molecule is CN1CCc2nc(C3CCN(C(=O)C4CCCCC4)C3)ncc2C1. The zero-order valence-corrected chi connectivity index (χ0v) is 14.7. The highest BCUT2D eigenvalue weighted by molar-refractivity contribution is 5.79. The average molecular weight is 328 g/mol. The Kier molecular flexibility index (Phi) is 4.53. The maximum atomic E-state index is 12.7. The van der Waals surface area contributed by atoms with Gasteiger partial charge >= 0.3 is 0 Å². The van der Waals surface area contributed by atoms with Crippen LogP contribution in [0, 0.1) is 5.92 Å². The van der Waals surface area contributed by atoms with Crippen LogP contribution in [0.25, 0.3) is 0 Å². The fourth-order valence-corrected chi connectivity index (χ4v) is 4.45. The summed E-state index contributed by atoms with van der Waals surface area (Å²) < 4.78 is 0. The third-order valence-corrected chi connectivity index (χ3v) is 5.96. The number of rotatable bonds is 2. The molecule has 1 amide bonds. The Hall–Kier alpha value is -1.49. The van der Waals surface area contributed by atoms with Crippen molar-refractivity contribution in [2.75, 3.05) is 26.7 Å². The molecular formula is C19H28N4O. The molecule has 1 saturated carbocycles. The Balaban J connectivity index is 1.42. The van der Waals surface area contributed by atoms with Crippen molar-refractivity contribution in [3.63, 3.8) is 0 Å². The van der Waals surface area contributed by atoms with Crippen LogP contribution in [0.15, 0.2) is 6.20 Å². The first-order valence-electron chi connectivity index (χ1n) is 9.53. The van der Waals surface area contributed by atoms with E-state index in [1.54, 1.807) is 0 Å². The number of nitrogens with zero attached hydrogens (tertiary/aromatic N) is 4. The number of likely N-dealkylation sites (N-methyl/N-ethyl adjacent to an activating group) is 1. The summed E-state index contributed by atoms with van der Waals surface area (Å²) in [6, 6.07) is 0. The number of carbonyl (C=O) groups is 1. The molecular weight excluding hydrogens is 300 g/mol. The van der Waals surface area contributed by atoms with Crippen molar-refractivity contribution in [1.82, 2.24) is 19.8 Å². The molecule has 1 atom stereocenters. The van der Waals surface area contributed by atoms with E-state index in [4.69, 9.17) is 4.98 Å². The highest BCUT2D eigenvalue weighted by Crippen LogP contribution is 2.31. The molecule has 3 aliphatic rings. The summed E-state index contributed by atoms with van der Waals surface area (Å²) in [7, 11) is 2.14. The van der Waals surface area contributed by atoms with Crippen LogP contribution in [0.5, 0.6) is 0 Å². The Bertz CT molecular complexity index is 611. The van der Waals surface area contributed by atoms with Crippen LogP contribution in [0.3, 0.4) is 0 Å². The number of aromatic nitrogens is 2. The van der Waals surface area contributed by atoms with Gasteiger partial charge < -0.3 is 9.80 Å². The van der Waals surface area contributed by atoms with E-state index in [1.807, 2.05) is 6.20 Å². The predicted octanol–water partition coefficient (Wildman–Crippen LogP) is 2.36. The van der Waals surface area contributed by atoms with Crippen LogP contribution < -0.4 is 0 Å². The molecule has 1 unspecified atom stereocenters. The van der Waals surface area contributed by atoms with Gasteiger partial charge in [0.05, 0.1) is 0 Å². The van der Waals surface area contributed by atoms with Crippen LogP contribution in [0.2, 0.25) is 0 Å². The molecule has 0 radical (unpaired) electrons. The third kappa shape index (κ3) is 3.18. The Labute approximate surface area is 144 Å². The van der Waals surface area contributed by atoms with E-state index >= 15 is 0 Å². The maximum Gasteiger partial charge on any atom is 0.225 e. The molecule has 1 aliphatic carbocycles. The first-order chi connectivity index (χ1) is 11.7. The predicted molar refractivity (Wildman–Crippen MR) is 92.6 cm³/mol. The molecule has 1 aromatic rings. The molecule has 0 N–H and O–H groups in total. The first-order valence-corrected chi connectivity index (χ1v) is 9.53. The van der Waals surface area contributed by atoms with Gasteiger partial charge in [-0.2, -0.15) is 0 Å². The van der Waals surface area contributed by atoms with Crippen LogP contribution in [-0.4, -0.2) is 52.4 Å². The average Bonchev–Trinajstić information content (AvgIpc) is 3.11. The van der Waals surface area contributed by atoms with Crippen LogP contribution >= 0.6 is 0 Å². The molecule has 0 bridgehead atoms. The van der Waals surface area contributed by atoms with Crippen LogP contribution in [0.4, 0.5) is 0 Å². The summed E-state index contributed by atoms with van der Waals surface area (Å²) in [5.74, 6) is 1.94. The van der Waals surface area contributed by atoms with Crippen LogP contribution in [0.1, 0.15) is 61.5 Å². The van der Waals surface area contributed by atoms with E-state index in [0.717, 1.165) is 57.7 Å². The van der Waals surface area contributed by atoms with E-state index in [1.165, 1.54) is 30.5 Å². The van der Waals surface area contributed by atoms with Crippen molar-refractivity contribution in [2.45, 2.75) is 57.4 Å². The van der Waals surface area contributed by atoms with Gasteiger partial charge in [-0.25, -0.2) is 9.97 Å². The summed E-state index contributed by atoms with van der Waals surface area (Å²) in [4.78, 5) is 26.6. The lowest BCUT2D eigenvalue weighted by Crippen LogP contribution is -2.35. The smallest absolute Gasteiger partial charge is 0.225 e. The second kappa shape index (κ2) is 6.79. The van der Waals surface area contributed by atoms with E-state index in [9.17, 15) is 4.79 Å². The van der Waals surface area contributed by atoms with Crippen molar-refractivity contribution >= 4 is 5.91 Å². The van der Waals surface area contributed by atoms with Gasteiger partial charge in [-0.05, 0) is 26.3 Å². The van der Waals surface area contributed by atoms with Crippen molar-refractivity contribution in [3.05, 3.63) is 23.3 Å². The van der Waals surface area contributed by atoms with E-state index < -0.39 is 0 Å². The number of likely N-dealkylation sites (tertiary alicyclic amines) is 1. The summed E-state index contributed by atoms with van der Waals surface area (Å²) in [5, 5.41) is 0. The molecule has 2 aliphatic heterocycles. The standard InChI is InChI=1S/C19H28N4O/c1-22-9-8-17-16(12-22)11-20-18(21-17)15-7-10-23(13-15)19(24)14-5-3-2-4-6-14/h11,14-15H,2-10,12-13H2,1H3. The van der Waals surface area contributed by atoms with Gasteiger partial charge in [0, 0.05) is 61.9 Å². The zero-order valence-electron chi connectivity index (χ0n) is 14.7. The lowest BCUT2D eigenvalue weighted by atomic mass is 9.88. The maximum absolute atomic E-state index is 12.7. The van der Waals surface area contributed by atoms with Gasteiger partial charge in [-0.3, -0.25) is 4.79 Å². The summed E-state index contributed by atoms with van der Waals surface area (Å²) in [6.45, 7) is 3.71. The minimum absolute atomic E-state index is 0.275. The Morgan fingerprint density at radius 2 is 2.00 bits per heavy atom. The molecule has 1 saturated heterocycles. The van der Waals surface area contributed by atoms with Gasteiger partial charge in [0.2, 0.25) is 5.91 Å². The van der Waals surface area contributed by atoms with Gasteiger partial charge in [-0.1, -0.05) is 19.3 Å². The molecule has 4 rings (SSSR count). The van der Waals surface area contributed by atoms with Crippen molar-refractivity contribution < 1.29 is 4.79 Å². The van der Waals surface area contributed by atoms with E-state index in [-0.39, 0.29) is 5.92 Å². The summed E-state index contributed by atoms with van der Waals surface area (Å²) in [6.07, 6.45) is 9.94. The number of fused-ring (bicyclic) bond motifs is 1. The minimum Gasteiger partial charge on any atom is -0.342 e. The van der Waals surface area contributed by atoms with Gasteiger partial charge in [0.1, 0.15) is 5.82 Å². The van der Waals surface area contributed by atoms with Gasteiger partial charge in [0.15, 0.2) is 0 Å². The van der Waals surface area contributed by atoms with E-state index in [0.29, 0.717) is 11.8 Å². The van der Waals surface area contributed by atoms with E-state index in [2.05, 4.69) is 21.8 Å². The lowest BCUT2D eigenvalue weighted by molar-refractivity contribution is -0.135. The van der Waals surface area contributed by atoms with Crippen molar-refractivity contribution in [2.24, 2.45) is 5.92 Å². The summed E-state index contributed by atoms with van der Waals surface area (Å²) in [5.41, 5.74) is 2.48. The molecule has 0 spiro atoms. The monoisotopic (exact) mass is 328 g/mol. The van der Waals surface area contributed by atoms with Crippen LogP contribution in [-0.2, 0) is 17.8 Å². The molecule has 130 valence electrons. The quantitative estimate of drug-likeness (QED) is 0.836. The second-order valence-corrected chi connectivity index (χ2v) is 7.79. The second-order valence-electron chi connectivity index (χ2n) is 7.79. The third-order valence-electron chi connectivity index (χ3n) is 5.96. The number of amides is 1. The normalized spacial score (nSPS) is 25.7. The molecule has 0 aromatic carbocycles. The molecule has 24 heavy (non-hydrogen) atoms. The highest BCUT2D eigenvalue weighted by Gasteiger charge is 2.33. The topological polar surface area (TPSA) is 49.3 Å². The Morgan fingerprint density at radius 3 is 2.83 bits per heavy atom. The Morgan fingerprint density at radius 1 is 1.17 bits per heavy atom. The van der Waals surface area contributed by atoms with Gasteiger partial charge in [-0.15, -0.1) is 0 Å². The minimum atomic E-state index is 0.275. The largest absolute Gasteiger partial charge is 0.342 e. The molecule has 5 nitrogen and oxygen atoms in total. The fourth-order valence-electron chi connectivity index (χ4n) is 4.45. The van der Waals surface area contributed by atoms with Crippen molar-refractivity contribution in [3.8, 4) is 0 Å². The fraction of sp³-hybridized carbons (Fsp3) is 0.737. The summed E-state index contributed by atoms with van der Waals surface area (Å²) >= 11 is 0. The van der Waals surface area contributed by atoms with Crippen molar-refractivity contribution in [1.29, 1.82) is 0 Å². The number of hydrogen-bond acceptors (Lipinski definition) is 4. The number of carbonyl (C=O) groups excluding carboxylic acids is 1. The first kappa shape index (κ1) is 16.0. The highest BCUT2D eigenvalue weighted by atomic mass is 16.2. The molecule has 3 heterocycles. The van der Waals surface area contributed by atoms with Gasteiger partial charge in [0.25, 0.3) is 0 Å². The zero-order chi connectivity index (χ0) is 16.5. The molecule has 2 fully saturated rings.